The Morgan fingerprint density at radius 3 is 3.14 bits per heavy atom. The lowest BCUT2D eigenvalue weighted by Gasteiger charge is -2.29. The van der Waals surface area contributed by atoms with E-state index in [1.807, 2.05) is 0 Å². The third-order valence-electron chi connectivity index (χ3n) is 4.08. The minimum Gasteiger partial charge on any atom is -0.473 e. The quantitative estimate of drug-likeness (QED) is 0.429. The van der Waals surface area contributed by atoms with Crippen LogP contribution in [0.25, 0.3) is 0 Å². The van der Waals surface area contributed by atoms with Crippen molar-refractivity contribution in [2.24, 2.45) is 11.8 Å². The van der Waals surface area contributed by atoms with Crippen LogP contribution in [0.5, 0.6) is 0 Å². The lowest BCUT2D eigenvalue weighted by atomic mass is 9.79. The van der Waals surface area contributed by atoms with Crippen LogP contribution in [0.15, 0.2) is 23.9 Å². The van der Waals surface area contributed by atoms with Crippen molar-refractivity contribution in [3.63, 3.8) is 0 Å². The average Bonchev–Trinajstić information content (AvgIpc) is 2.55. The number of allylic oxidation sites excluding steroid dienone is 3. The van der Waals surface area contributed by atoms with Gasteiger partial charge in [0.25, 0.3) is 0 Å². The van der Waals surface area contributed by atoms with Gasteiger partial charge in [0.15, 0.2) is 0 Å². The number of fused-ring (bicyclic) bond motifs is 3. The van der Waals surface area contributed by atoms with Gasteiger partial charge in [-0.05, 0) is 37.8 Å². The Morgan fingerprint density at radius 2 is 2.21 bits per heavy atom. The molecule has 1 fully saturated rings. The zero-order valence-electron chi connectivity index (χ0n) is 8.65. The highest BCUT2D eigenvalue weighted by Gasteiger charge is 2.41. The van der Waals surface area contributed by atoms with Gasteiger partial charge in [0, 0.05) is 17.9 Å². The molecule has 1 radical (unpaired) electrons. The molecule has 0 bridgehead atoms. The topological polar surface area (TPSA) is 3.24 Å². The molecule has 0 N–H and O–H groups in total. The average molecular weight is 202 g/mol. The number of nitrogens with zero attached hydrogens (tertiary/aromatic N) is 1. The molecular formula is C12H17AlN. The zero-order chi connectivity index (χ0) is 9.54. The molecule has 3 aliphatic rings. The van der Waals surface area contributed by atoms with Gasteiger partial charge in [-0.3, -0.25) is 0 Å². The summed E-state index contributed by atoms with van der Waals surface area (Å²) in [5.41, 5.74) is 1.66. The van der Waals surface area contributed by atoms with Crippen LogP contribution < -0.4 is 0 Å². The maximum Gasteiger partial charge on any atom is 0.341 e. The summed E-state index contributed by atoms with van der Waals surface area (Å²) in [7, 11) is 0. The molecule has 3 atom stereocenters. The van der Waals surface area contributed by atoms with Crippen molar-refractivity contribution in [2.45, 2.75) is 38.1 Å². The molecule has 73 valence electrons. The molecule has 0 spiro atoms. The molecule has 14 heavy (non-hydrogen) atoms. The van der Waals surface area contributed by atoms with Crippen molar-refractivity contribution in [3.8, 4) is 0 Å². The zero-order valence-corrected chi connectivity index (χ0v) is 10.1. The van der Waals surface area contributed by atoms with E-state index in [0.29, 0.717) is 0 Å². The first-order valence-electron chi connectivity index (χ1n) is 5.84. The third kappa shape index (κ3) is 1.21. The summed E-state index contributed by atoms with van der Waals surface area (Å²) >= 11 is 2.08. The summed E-state index contributed by atoms with van der Waals surface area (Å²) in [5, 5.41) is 0. The molecule has 1 nitrogen and oxygen atoms in total. The van der Waals surface area contributed by atoms with Gasteiger partial charge in [-0.15, -0.1) is 0 Å². The highest BCUT2D eigenvalue weighted by molar-refractivity contribution is 6.06. The van der Waals surface area contributed by atoms with E-state index in [1.54, 1.807) is 5.70 Å². The predicted molar refractivity (Wildman–Crippen MR) is 60.1 cm³/mol. The molecule has 0 amide bonds. The summed E-state index contributed by atoms with van der Waals surface area (Å²) in [5.74, 6) is 1.70. The number of rotatable bonds is 0. The summed E-state index contributed by atoms with van der Waals surface area (Å²) in [6.45, 7) is 0. The normalized spacial score (nSPS) is 40.4. The van der Waals surface area contributed by atoms with E-state index in [-0.39, 0.29) is 0 Å². The Kier molecular flexibility index (Phi) is 2.23. The molecular weight excluding hydrogens is 185 g/mol. The Balaban J connectivity index is 1.97. The number of hydrogen-bond donors (Lipinski definition) is 0. The Bertz CT molecular complexity index is 295. The molecule has 0 aromatic heterocycles. The van der Waals surface area contributed by atoms with Gasteiger partial charge in [-0.2, -0.15) is 0 Å². The second-order valence-electron chi connectivity index (χ2n) is 4.79. The lowest BCUT2D eigenvalue weighted by Crippen LogP contribution is -2.30. The first-order chi connectivity index (χ1) is 6.88. The van der Waals surface area contributed by atoms with E-state index in [2.05, 4.69) is 38.6 Å². The van der Waals surface area contributed by atoms with Crippen LogP contribution in [0.1, 0.15) is 32.1 Å². The Labute approximate surface area is 94.5 Å². The van der Waals surface area contributed by atoms with Crippen LogP contribution in [-0.2, 0) is 0 Å². The van der Waals surface area contributed by atoms with Crippen LogP contribution in [0, 0.1) is 11.8 Å². The van der Waals surface area contributed by atoms with Crippen LogP contribution >= 0.6 is 0 Å². The van der Waals surface area contributed by atoms with Crippen molar-refractivity contribution >= 4 is 16.5 Å². The van der Waals surface area contributed by atoms with Crippen molar-refractivity contribution in [1.29, 1.82) is 0 Å². The van der Waals surface area contributed by atoms with Gasteiger partial charge in [0.2, 0.25) is 0 Å². The fourth-order valence-electron chi connectivity index (χ4n) is 3.41. The van der Waals surface area contributed by atoms with Crippen molar-refractivity contribution in [3.05, 3.63) is 23.9 Å². The van der Waals surface area contributed by atoms with E-state index in [0.717, 1.165) is 17.9 Å². The van der Waals surface area contributed by atoms with E-state index in [4.69, 9.17) is 0 Å². The van der Waals surface area contributed by atoms with Gasteiger partial charge in [0.1, 0.15) is 0 Å². The molecule has 0 aromatic rings. The Morgan fingerprint density at radius 1 is 1.29 bits per heavy atom. The maximum absolute atomic E-state index is 2.60. The van der Waals surface area contributed by atoms with Crippen LogP contribution in [-0.4, -0.2) is 26.4 Å². The van der Waals surface area contributed by atoms with Gasteiger partial charge in [-0.25, -0.2) is 0 Å². The standard InChI is InChI=1S/C12H16N.Al.H/c1-3-7-11-9(5-1)10-6-2-4-8-12(10)13-11;;/h1,5,8-11H,2-4,6-7H2;;/q-1;+1;. The largest absolute Gasteiger partial charge is 0.473 e. The summed E-state index contributed by atoms with van der Waals surface area (Å²) in [6.07, 6.45) is 14.2. The van der Waals surface area contributed by atoms with Gasteiger partial charge >= 0.3 is 16.5 Å². The van der Waals surface area contributed by atoms with E-state index in [1.165, 1.54) is 32.1 Å². The smallest absolute Gasteiger partial charge is 0.341 e. The third-order valence-corrected chi connectivity index (χ3v) is 4.92. The van der Waals surface area contributed by atoms with E-state index < -0.39 is 0 Å². The van der Waals surface area contributed by atoms with Crippen LogP contribution in [0.4, 0.5) is 0 Å². The molecule has 1 heterocycles. The highest BCUT2D eigenvalue weighted by Crippen LogP contribution is 2.46. The second kappa shape index (κ2) is 3.44. The number of hydrogen-bond acceptors (Lipinski definition) is 1. The predicted octanol–water partition coefficient (Wildman–Crippen LogP) is 2.14. The molecule has 3 unspecified atom stereocenters. The van der Waals surface area contributed by atoms with Crippen molar-refractivity contribution < 1.29 is 0 Å². The van der Waals surface area contributed by atoms with Gasteiger partial charge in [-0.1, -0.05) is 18.2 Å². The summed E-state index contributed by atoms with van der Waals surface area (Å²) < 4.78 is 2.60. The SMILES string of the molecule is [AlH][N]1C2=CCCCC2C2C=CCCC21. The minimum absolute atomic E-state index is 0.827. The first-order valence-corrected chi connectivity index (χ1v) is 6.47. The Hall–Kier alpha value is -0.188. The molecule has 1 saturated heterocycles. The monoisotopic (exact) mass is 202 g/mol. The van der Waals surface area contributed by atoms with E-state index in [9.17, 15) is 0 Å². The molecule has 1 aliphatic heterocycles. The molecule has 0 aromatic carbocycles. The second-order valence-corrected chi connectivity index (χ2v) is 5.47. The minimum atomic E-state index is 0.827. The summed E-state index contributed by atoms with van der Waals surface area (Å²) in [4.78, 5) is 0. The lowest BCUT2D eigenvalue weighted by molar-refractivity contribution is 0.347. The van der Waals surface area contributed by atoms with Crippen molar-refractivity contribution in [2.75, 3.05) is 0 Å². The molecule has 0 saturated carbocycles. The molecule has 2 aliphatic carbocycles. The summed E-state index contributed by atoms with van der Waals surface area (Å²) in [6, 6.07) is 0.827. The fraction of sp³-hybridized carbons (Fsp3) is 0.667. The van der Waals surface area contributed by atoms with Crippen molar-refractivity contribution in [1.82, 2.24) is 3.88 Å². The van der Waals surface area contributed by atoms with Gasteiger partial charge < -0.3 is 3.88 Å². The maximum atomic E-state index is 2.60. The van der Waals surface area contributed by atoms with Crippen LogP contribution in [0.2, 0.25) is 0 Å². The molecule has 2 heteroatoms. The fourth-order valence-corrected chi connectivity index (χ4v) is 4.19. The van der Waals surface area contributed by atoms with Crippen LogP contribution in [0.3, 0.4) is 0 Å². The first kappa shape index (κ1) is 9.07. The molecule has 3 rings (SSSR count). The highest BCUT2D eigenvalue weighted by atomic mass is 27.1. The van der Waals surface area contributed by atoms with E-state index >= 15 is 0 Å². The van der Waals surface area contributed by atoms with Gasteiger partial charge in [0.05, 0.1) is 0 Å².